The second-order valence-corrected chi connectivity index (χ2v) is 14.3. The molecule has 0 aliphatic carbocycles. The van der Waals surface area contributed by atoms with Crippen molar-refractivity contribution in [3.8, 4) is 5.75 Å². The first-order valence-corrected chi connectivity index (χ1v) is 17.0. The molecule has 0 fully saturated rings. The van der Waals surface area contributed by atoms with Crippen molar-refractivity contribution in [1.29, 1.82) is 0 Å². The molecule has 12 heteroatoms. The molecule has 0 saturated heterocycles. The third kappa shape index (κ3) is 9.04. The molecule has 0 radical (unpaired) electrons. The van der Waals surface area contributed by atoms with Crippen molar-refractivity contribution in [3.05, 3.63) is 82.3 Å². The van der Waals surface area contributed by atoms with Crippen molar-refractivity contribution in [2.75, 3.05) is 23.7 Å². The van der Waals surface area contributed by atoms with E-state index in [-0.39, 0.29) is 23.7 Å². The maximum atomic E-state index is 14.2. The van der Waals surface area contributed by atoms with Crippen LogP contribution in [0.1, 0.15) is 40.2 Å². The number of anilines is 1. The van der Waals surface area contributed by atoms with Gasteiger partial charge in [0.2, 0.25) is 11.8 Å². The van der Waals surface area contributed by atoms with Crippen LogP contribution in [0.2, 0.25) is 10.0 Å². The molecule has 0 unspecified atom stereocenters. The summed E-state index contributed by atoms with van der Waals surface area (Å²) in [5, 5.41) is 3.54. The molecule has 0 spiro atoms. The van der Waals surface area contributed by atoms with Crippen LogP contribution in [0, 0.1) is 0 Å². The van der Waals surface area contributed by atoms with Crippen molar-refractivity contribution in [3.63, 3.8) is 0 Å². The van der Waals surface area contributed by atoms with Gasteiger partial charge in [-0.05, 0) is 95.0 Å². The third-order valence-corrected chi connectivity index (χ3v) is 9.62. The van der Waals surface area contributed by atoms with Crippen LogP contribution in [0.5, 0.6) is 5.75 Å². The lowest BCUT2D eigenvalue weighted by molar-refractivity contribution is -0.140. The fourth-order valence-corrected chi connectivity index (χ4v) is 6.37. The summed E-state index contributed by atoms with van der Waals surface area (Å²) in [6, 6.07) is 17.1. The standard InChI is InChI=1S/C31H37Cl2N3O5S2/c1-7-41-28-11-9-8-10-27(28)36(43(39,40)24-15-13-23(42-6)14-16-24)20-29(37)35(21(2)30(38)34-31(3,4)5)19-22-12-17-25(32)26(33)18-22/h8-18,21H,7,19-20H2,1-6H3,(H,34,38)/t21-/m1/s1. The molecule has 0 heterocycles. The largest absolute Gasteiger partial charge is 0.492 e. The smallest absolute Gasteiger partial charge is 0.264 e. The summed E-state index contributed by atoms with van der Waals surface area (Å²) in [5.74, 6) is -0.687. The van der Waals surface area contributed by atoms with Gasteiger partial charge in [-0.2, -0.15) is 0 Å². The van der Waals surface area contributed by atoms with Crippen LogP contribution in [0.25, 0.3) is 0 Å². The van der Waals surface area contributed by atoms with Crippen molar-refractivity contribution in [2.24, 2.45) is 0 Å². The second-order valence-electron chi connectivity index (χ2n) is 10.8. The first kappa shape index (κ1) is 34.6. The lowest BCUT2D eigenvalue weighted by Gasteiger charge is -2.33. The molecule has 3 aromatic carbocycles. The van der Waals surface area contributed by atoms with E-state index >= 15 is 0 Å². The van der Waals surface area contributed by atoms with E-state index in [1.165, 1.54) is 28.8 Å². The number of hydrogen-bond acceptors (Lipinski definition) is 6. The minimum absolute atomic E-state index is 0.0129. The zero-order valence-corrected chi connectivity index (χ0v) is 28.2. The van der Waals surface area contributed by atoms with E-state index in [1.807, 2.05) is 27.0 Å². The molecule has 2 amide bonds. The van der Waals surface area contributed by atoms with E-state index < -0.39 is 40.0 Å². The van der Waals surface area contributed by atoms with E-state index in [0.717, 1.165) is 9.20 Å². The van der Waals surface area contributed by atoms with Gasteiger partial charge < -0.3 is 15.0 Å². The van der Waals surface area contributed by atoms with Gasteiger partial charge in [0.05, 0.1) is 27.2 Å². The molecule has 8 nitrogen and oxygen atoms in total. The topological polar surface area (TPSA) is 96.0 Å². The van der Waals surface area contributed by atoms with Crippen molar-refractivity contribution >= 4 is 62.5 Å². The number of amides is 2. The molecule has 3 aromatic rings. The first-order valence-electron chi connectivity index (χ1n) is 13.6. The third-order valence-electron chi connectivity index (χ3n) is 6.36. The highest BCUT2D eigenvalue weighted by atomic mass is 35.5. The minimum atomic E-state index is -4.25. The zero-order valence-electron chi connectivity index (χ0n) is 25.1. The van der Waals surface area contributed by atoms with Crippen molar-refractivity contribution in [1.82, 2.24) is 10.2 Å². The number of hydrogen-bond donors (Lipinski definition) is 1. The molecule has 0 aromatic heterocycles. The highest BCUT2D eigenvalue weighted by Crippen LogP contribution is 2.33. The van der Waals surface area contributed by atoms with Crippen LogP contribution in [0.4, 0.5) is 5.69 Å². The van der Waals surface area contributed by atoms with Crippen LogP contribution in [-0.4, -0.2) is 56.1 Å². The maximum absolute atomic E-state index is 14.2. The van der Waals surface area contributed by atoms with E-state index in [9.17, 15) is 18.0 Å². The van der Waals surface area contributed by atoms with E-state index in [2.05, 4.69) is 5.32 Å². The monoisotopic (exact) mass is 665 g/mol. The number of carbonyl (C=O) groups excluding carboxylic acids is 2. The fraction of sp³-hybridized carbons (Fsp3) is 0.355. The van der Waals surface area contributed by atoms with Crippen LogP contribution < -0.4 is 14.4 Å². The minimum Gasteiger partial charge on any atom is -0.492 e. The van der Waals surface area contributed by atoms with Crippen LogP contribution in [0.3, 0.4) is 0 Å². The summed E-state index contributed by atoms with van der Waals surface area (Å²) in [4.78, 5) is 29.7. The number of nitrogens with one attached hydrogen (secondary N) is 1. The average molecular weight is 667 g/mol. The zero-order chi connectivity index (χ0) is 31.9. The molecule has 0 aliphatic rings. The number of para-hydroxylation sites is 2. The Morgan fingerprint density at radius 2 is 1.65 bits per heavy atom. The van der Waals surface area contributed by atoms with Crippen LogP contribution >= 0.6 is 35.0 Å². The summed E-state index contributed by atoms with van der Waals surface area (Å²) >= 11 is 13.8. The Morgan fingerprint density at radius 3 is 2.23 bits per heavy atom. The summed E-state index contributed by atoms with van der Waals surface area (Å²) in [6.07, 6.45) is 1.90. The number of nitrogens with zero attached hydrogens (tertiary/aromatic N) is 2. The number of rotatable bonds is 12. The molecule has 1 atom stereocenters. The molecular formula is C31H37Cl2N3O5S2. The van der Waals surface area contributed by atoms with Crippen molar-refractivity contribution < 1.29 is 22.7 Å². The van der Waals surface area contributed by atoms with E-state index in [4.69, 9.17) is 27.9 Å². The van der Waals surface area contributed by atoms with E-state index in [0.29, 0.717) is 21.4 Å². The van der Waals surface area contributed by atoms with Gasteiger partial charge >= 0.3 is 0 Å². The summed E-state index contributed by atoms with van der Waals surface area (Å²) in [7, 11) is -4.25. The van der Waals surface area contributed by atoms with Gasteiger partial charge in [0.15, 0.2) is 0 Å². The van der Waals surface area contributed by atoms with Gasteiger partial charge in [-0.3, -0.25) is 13.9 Å². The number of benzene rings is 3. The molecule has 43 heavy (non-hydrogen) atoms. The number of thioether (sulfide) groups is 1. The average Bonchev–Trinajstić information content (AvgIpc) is 2.95. The molecule has 0 saturated carbocycles. The van der Waals surface area contributed by atoms with Gasteiger partial charge in [-0.1, -0.05) is 41.4 Å². The Hall–Kier alpha value is -2.92. The first-order chi connectivity index (χ1) is 20.2. The Bertz CT molecular complexity index is 1540. The molecule has 232 valence electrons. The summed E-state index contributed by atoms with van der Waals surface area (Å²) in [6.45, 7) is 8.58. The Kier molecular flexibility index (Phi) is 11.8. The van der Waals surface area contributed by atoms with Crippen molar-refractivity contribution in [2.45, 2.75) is 62.5 Å². The van der Waals surface area contributed by atoms with Gasteiger partial charge in [-0.15, -0.1) is 11.8 Å². The number of sulfonamides is 1. The molecule has 1 N–H and O–H groups in total. The Balaban J connectivity index is 2.11. The second kappa shape index (κ2) is 14.7. The van der Waals surface area contributed by atoms with Crippen LogP contribution in [-0.2, 0) is 26.2 Å². The normalized spacial score (nSPS) is 12.4. The quantitative estimate of drug-likeness (QED) is 0.218. The van der Waals surface area contributed by atoms with E-state index in [1.54, 1.807) is 68.4 Å². The predicted molar refractivity (Wildman–Crippen MR) is 175 cm³/mol. The number of halogens is 2. The molecule has 0 bridgehead atoms. The molecule has 3 rings (SSSR count). The highest BCUT2D eigenvalue weighted by Gasteiger charge is 2.34. The lowest BCUT2D eigenvalue weighted by atomic mass is 10.1. The molecule has 0 aliphatic heterocycles. The van der Waals surface area contributed by atoms with Gasteiger partial charge in [0.1, 0.15) is 18.3 Å². The van der Waals surface area contributed by atoms with Crippen LogP contribution in [0.15, 0.2) is 76.5 Å². The number of ether oxygens (including phenoxy) is 1. The summed E-state index contributed by atoms with van der Waals surface area (Å²) < 4.78 is 35.1. The highest BCUT2D eigenvalue weighted by molar-refractivity contribution is 7.98. The molecular weight excluding hydrogens is 629 g/mol. The fourth-order valence-electron chi connectivity index (χ4n) is 4.22. The Morgan fingerprint density at radius 1 is 1.00 bits per heavy atom. The van der Waals surface area contributed by atoms with Gasteiger partial charge in [0.25, 0.3) is 10.0 Å². The lowest BCUT2D eigenvalue weighted by Crippen LogP contribution is -2.54. The van der Waals surface area contributed by atoms with Gasteiger partial charge in [0, 0.05) is 17.0 Å². The number of carbonyl (C=O) groups is 2. The summed E-state index contributed by atoms with van der Waals surface area (Å²) in [5.41, 5.74) is 0.265. The SMILES string of the molecule is CCOc1ccccc1N(CC(=O)N(Cc1ccc(Cl)c(Cl)c1)[C@H](C)C(=O)NC(C)(C)C)S(=O)(=O)c1ccc(SC)cc1. The maximum Gasteiger partial charge on any atom is 0.264 e. The van der Waals surface area contributed by atoms with Gasteiger partial charge in [-0.25, -0.2) is 8.42 Å². The Labute approximate surface area is 268 Å². The predicted octanol–water partition coefficient (Wildman–Crippen LogP) is 6.64.